The predicted octanol–water partition coefficient (Wildman–Crippen LogP) is -2.55. The molecule has 0 spiro atoms. The number of aromatic carboxylic acids is 1. The Labute approximate surface area is 125 Å². The third kappa shape index (κ3) is 2.73. The van der Waals surface area contributed by atoms with E-state index in [9.17, 15) is 18.3 Å². The molecule has 1 N–H and O–H groups in total. The second kappa shape index (κ2) is 5.38. The van der Waals surface area contributed by atoms with Crippen LogP contribution in [-0.4, -0.2) is 18.9 Å². The zero-order chi connectivity index (χ0) is 12.6. The van der Waals surface area contributed by atoms with Gasteiger partial charge in [0.25, 0.3) is 10.1 Å². The molecule has 0 aromatic heterocycles. The molecular formula is C11H7NaO5S. The Bertz CT molecular complexity index is 708. The normalized spacial score (nSPS) is 10.9. The van der Waals surface area contributed by atoms with E-state index in [0.717, 1.165) is 0 Å². The van der Waals surface area contributed by atoms with Gasteiger partial charge in [-0.15, -0.1) is 0 Å². The fourth-order valence-corrected chi connectivity index (χ4v) is 2.39. The minimum atomic E-state index is -4.39. The minimum Gasteiger partial charge on any atom is -0.545 e. The summed E-state index contributed by atoms with van der Waals surface area (Å²) in [6.07, 6.45) is 0. The van der Waals surface area contributed by atoms with Gasteiger partial charge >= 0.3 is 29.6 Å². The molecule has 0 radical (unpaired) electrons. The Morgan fingerprint density at radius 2 is 1.61 bits per heavy atom. The Balaban J connectivity index is 0.00000162. The summed E-state index contributed by atoms with van der Waals surface area (Å²) in [6, 6.07) is 8.14. The van der Waals surface area contributed by atoms with E-state index in [0.29, 0.717) is 0 Å². The molecule has 5 nitrogen and oxygen atoms in total. The average Bonchev–Trinajstić information content (AvgIpc) is 2.26. The summed E-state index contributed by atoms with van der Waals surface area (Å²) >= 11 is 0. The third-order valence-electron chi connectivity index (χ3n) is 2.38. The van der Waals surface area contributed by atoms with Crippen molar-refractivity contribution in [2.45, 2.75) is 4.90 Å². The van der Waals surface area contributed by atoms with E-state index >= 15 is 0 Å². The van der Waals surface area contributed by atoms with Gasteiger partial charge in [0.05, 0.1) is 5.97 Å². The molecule has 0 unspecified atom stereocenters. The van der Waals surface area contributed by atoms with Crippen LogP contribution in [0.3, 0.4) is 0 Å². The first kappa shape index (κ1) is 15.1. The molecule has 2 aromatic rings. The maximum absolute atomic E-state index is 11.1. The Hall–Kier alpha value is -0.920. The smallest absolute Gasteiger partial charge is 0.545 e. The minimum absolute atomic E-state index is 0. The maximum Gasteiger partial charge on any atom is 1.00 e. The van der Waals surface area contributed by atoms with E-state index in [-0.39, 0.29) is 50.8 Å². The van der Waals surface area contributed by atoms with Crippen LogP contribution >= 0.6 is 0 Å². The molecule has 0 bridgehead atoms. The van der Waals surface area contributed by atoms with E-state index in [1.54, 1.807) is 0 Å². The fraction of sp³-hybridized carbons (Fsp3) is 0. The topological polar surface area (TPSA) is 94.5 Å². The first-order valence-corrected chi connectivity index (χ1v) is 6.06. The fourth-order valence-electron chi connectivity index (χ4n) is 1.68. The molecule has 0 heterocycles. The largest absolute Gasteiger partial charge is 1.00 e. The van der Waals surface area contributed by atoms with E-state index in [4.69, 9.17) is 4.55 Å². The molecule has 0 saturated carbocycles. The molecule has 0 aliphatic carbocycles. The van der Waals surface area contributed by atoms with E-state index < -0.39 is 16.1 Å². The van der Waals surface area contributed by atoms with Crippen LogP contribution in [0.5, 0.6) is 0 Å². The molecule has 0 atom stereocenters. The second-order valence-electron chi connectivity index (χ2n) is 3.42. The van der Waals surface area contributed by atoms with Crippen LogP contribution in [0.15, 0.2) is 41.3 Å². The number of hydrogen-bond acceptors (Lipinski definition) is 4. The predicted molar refractivity (Wildman–Crippen MR) is 58.1 cm³/mol. The molecular weight excluding hydrogens is 267 g/mol. The number of benzene rings is 2. The standard InChI is InChI=1S/C11H8O5S.Na/c12-11(13)9-5-1-4-8-7(9)3-2-6-10(8)17(14,15)16;/h1-6H,(H,12,13)(H,14,15,16);/q;+1/p-1. The van der Waals surface area contributed by atoms with Crippen molar-refractivity contribution in [1.29, 1.82) is 0 Å². The number of fused-ring (bicyclic) bond motifs is 1. The van der Waals surface area contributed by atoms with Crippen LogP contribution in [0, 0.1) is 0 Å². The first-order valence-electron chi connectivity index (χ1n) is 4.62. The summed E-state index contributed by atoms with van der Waals surface area (Å²) < 4.78 is 31.3. The number of carbonyl (C=O) groups is 1. The zero-order valence-electron chi connectivity index (χ0n) is 9.45. The van der Waals surface area contributed by atoms with Gasteiger partial charge in [-0.25, -0.2) is 0 Å². The van der Waals surface area contributed by atoms with Crippen LogP contribution in [-0.2, 0) is 10.1 Å². The zero-order valence-corrected chi connectivity index (χ0v) is 12.3. The summed E-state index contributed by atoms with van der Waals surface area (Å²) in [5, 5.41) is 11.2. The van der Waals surface area contributed by atoms with Crippen molar-refractivity contribution in [2.75, 3.05) is 0 Å². The van der Waals surface area contributed by atoms with Crippen molar-refractivity contribution < 1.29 is 52.4 Å². The van der Waals surface area contributed by atoms with Crippen LogP contribution in [0.1, 0.15) is 10.4 Å². The van der Waals surface area contributed by atoms with Crippen molar-refractivity contribution in [3.8, 4) is 0 Å². The summed E-state index contributed by atoms with van der Waals surface area (Å²) in [7, 11) is -4.39. The quantitative estimate of drug-likeness (QED) is 0.481. The molecule has 18 heavy (non-hydrogen) atoms. The summed E-state index contributed by atoms with van der Waals surface area (Å²) in [5.41, 5.74) is -0.118. The monoisotopic (exact) mass is 274 g/mol. The van der Waals surface area contributed by atoms with Crippen molar-refractivity contribution in [2.24, 2.45) is 0 Å². The van der Waals surface area contributed by atoms with Crippen molar-refractivity contribution in [1.82, 2.24) is 0 Å². The Morgan fingerprint density at radius 1 is 1.06 bits per heavy atom. The van der Waals surface area contributed by atoms with Crippen molar-refractivity contribution >= 4 is 26.9 Å². The van der Waals surface area contributed by atoms with Crippen LogP contribution < -0.4 is 34.7 Å². The molecule has 2 rings (SSSR count). The summed E-state index contributed by atoms with van der Waals surface area (Å²) in [4.78, 5) is 10.5. The molecule has 0 amide bonds. The maximum atomic E-state index is 11.1. The number of carbonyl (C=O) groups excluding carboxylic acids is 1. The molecule has 0 aliphatic heterocycles. The molecule has 88 valence electrons. The second-order valence-corrected chi connectivity index (χ2v) is 4.81. The summed E-state index contributed by atoms with van der Waals surface area (Å²) in [6.45, 7) is 0. The van der Waals surface area contributed by atoms with Gasteiger partial charge in [-0.05, 0) is 11.5 Å². The third-order valence-corrected chi connectivity index (χ3v) is 3.29. The SMILES string of the molecule is O=C([O-])c1cccc2c(S(=O)(=O)O)cccc12.[Na+]. The van der Waals surface area contributed by atoms with Gasteiger partial charge < -0.3 is 9.90 Å². The van der Waals surface area contributed by atoms with E-state index in [2.05, 4.69) is 0 Å². The number of hydrogen-bond donors (Lipinski definition) is 1. The van der Waals surface area contributed by atoms with E-state index in [1.165, 1.54) is 36.4 Å². The van der Waals surface area contributed by atoms with Gasteiger partial charge in [0.15, 0.2) is 0 Å². The van der Waals surface area contributed by atoms with Gasteiger partial charge in [0.2, 0.25) is 0 Å². The molecule has 7 heteroatoms. The van der Waals surface area contributed by atoms with Crippen LogP contribution in [0.25, 0.3) is 10.8 Å². The first-order chi connectivity index (χ1) is 7.91. The van der Waals surface area contributed by atoms with E-state index in [1.807, 2.05) is 0 Å². The van der Waals surface area contributed by atoms with Gasteiger partial charge in [0, 0.05) is 10.9 Å². The average molecular weight is 274 g/mol. The molecule has 0 saturated heterocycles. The number of carboxylic acid groups (broad SMARTS) is 1. The number of carboxylic acids is 1. The summed E-state index contributed by atoms with van der Waals surface area (Å²) in [5.74, 6) is -1.40. The Morgan fingerprint density at radius 3 is 2.17 bits per heavy atom. The molecule has 2 aromatic carbocycles. The van der Waals surface area contributed by atoms with Crippen molar-refractivity contribution in [3.63, 3.8) is 0 Å². The Kier molecular flexibility index (Phi) is 4.52. The molecule has 0 fully saturated rings. The van der Waals surface area contributed by atoms with Crippen LogP contribution in [0.4, 0.5) is 0 Å². The van der Waals surface area contributed by atoms with Crippen molar-refractivity contribution in [3.05, 3.63) is 42.0 Å². The number of rotatable bonds is 2. The van der Waals surface area contributed by atoms with Gasteiger partial charge in [-0.2, -0.15) is 8.42 Å². The van der Waals surface area contributed by atoms with Gasteiger partial charge in [0.1, 0.15) is 4.90 Å². The molecule has 0 aliphatic rings. The van der Waals surface area contributed by atoms with Gasteiger partial charge in [-0.1, -0.05) is 30.3 Å². The van der Waals surface area contributed by atoms with Crippen LogP contribution in [0.2, 0.25) is 0 Å². The van der Waals surface area contributed by atoms with Gasteiger partial charge in [-0.3, -0.25) is 4.55 Å².